The second-order valence-corrected chi connectivity index (χ2v) is 6.87. The standard InChI is InChI=1S/C16H34O3/c1-12(2)9-17-16(15(7)8,18-10-13(3)4)19-11-14(5)6/h12-15H,9-11H2,1-8H3. The third-order valence-corrected chi connectivity index (χ3v) is 2.56. The van der Waals surface area contributed by atoms with Gasteiger partial charge >= 0.3 is 0 Å². The highest BCUT2D eigenvalue weighted by atomic mass is 16.9. The van der Waals surface area contributed by atoms with Crippen molar-refractivity contribution in [3.8, 4) is 0 Å². The van der Waals surface area contributed by atoms with Crippen LogP contribution in [0.2, 0.25) is 0 Å². The summed E-state index contributed by atoms with van der Waals surface area (Å²) in [6.07, 6.45) is 0. The van der Waals surface area contributed by atoms with Crippen LogP contribution < -0.4 is 0 Å². The molecule has 0 aromatic carbocycles. The second kappa shape index (κ2) is 8.93. The van der Waals surface area contributed by atoms with Crippen LogP contribution in [0.1, 0.15) is 55.4 Å². The topological polar surface area (TPSA) is 27.7 Å². The van der Waals surface area contributed by atoms with Gasteiger partial charge in [-0.25, -0.2) is 0 Å². The van der Waals surface area contributed by atoms with Crippen molar-refractivity contribution in [2.24, 2.45) is 23.7 Å². The van der Waals surface area contributed by atoms with Gasteiger partial charge in [-0.2, -0.15) is 0 Å². The third-order valence-electron chi connectivity index (χ3n) is 2.56. The number of hydrogen-bond donors (Lipinski definition) is 0. The Morgan fingerprint density at radius 2 is 0.842 bits per heavy atom. The lowest BCUT2D eigenvalue weighted by Crippen LogP contribution is -2.46. The van der Waals surface area contributed by atoms with Crippen LogP contribution in [-0.2, 0) is 14.2 Å². The second-order valence-electron chi connectivity index (χ2n) is 6.87. The van der Waals surface area contributed by atoms with Gasteiger partial charge in [0.1, 0.15) is 0 Å². The lowest BCUT2D eigenvalue weighted by molar-refractivity contribution is -0.406. The average molecular weight is 274 g/mol. The molecule has 0 spiro atoms. The molecule has 0 fully saturated rings. The minimum absolute atomic E-state index is 0.156. The fraction of sp³-hybridized carbons (Fsp3) is 1.00. The van der Waals surface area contributed by atoms with Crippen molar-refractivity contribution in [2.75, 3.05) is 19.8 Å². The van der Waals surface area contributed by atoms with E-state index in [-0.39, 0.29) is 5.92 Å². The van der Waals surface area contributed by atoms with Gasteiger partial charge in [0.15, 0.2) is 0 Å². The molecule has 0 aromatic rings. The normalized spacial score (nSPS) is 13.3. The van der Waals surface area contributed by atoms with Crippen molar-refractivity contribution in [3.05, 3.63) is 0 Å². The Balaban J connectivity index is 4.77. The van der Waals surface area contributed by atoms with E-state index in [0.717, 1.165) is 0 Å². The van der Waals surface area contributed by atoms with Crippen molar-refractivity contribution < 1.29 is 14.2 Å². The van der Waals surface area contributed by atoms with E-state index in [9.17, 15) is 0 Å². The quantitative estimate of drug-likeness (QED) is 0.555. The van der Waals surface area contributed by atoms with Gasteiger partial charge in [-0.1, -0.05) is 55.4 Å². The van der Waals surface area contributed by atoms with Gasteiger partial charge in [0, 0.05) is 5.92 Å². The summed E-state index contributed by atoms with van der Waals surface area (Å²) >= 11 is 0. The van der Waals surface area contributed by atoms with Crippen molar-refractivity contribution in [1.82, 2.24) is 0 Å². The van der Waals surface area contributed by atoms with E-state index in [1.54, 1.807) is 0 Å². The summed E-state index contributed by atoms with van der Waals surface area (Å²) in [4.78, 5) is 0. The summed E-state index contributed by atoms with van der Waals surface area (Å²) in [6.45, 7) is 18.9. The maximum absolute atomic E-state index is 6.01. The van der Waals surface area contributed by atoms with E-state index in [1.165, 1.54) is 0 Å². The molecule has 0 rings (SSSR count). The highest BCUT2D eigenvalue weighted by Crippen LogP contribution is 2.28. The van der Waals surface area contributed by atoms with Gasteiger partial charge in [0.25, 0.3) is 5.97 Å². The van der Waals surface area contributed by atoms with Crippen LogP contribution in [0.5, 0.6) is 0 Å². The highest BCUT2D eigenvalue weighted by molar-refractivity contribution is 4.65. The zero-order valence-corrected chi connectivity index (χ0v) is 14.2. The van der Waals surface area contributed by atoms with Gasteiger partial charge in [-0.15, -0.1) is 0 Å². The summed E-state index contributed by atoms with van der Waals surface area (Å²) in [7, 11) is 0. The third kappa shape index (κ3) is 7.91. The van der Waals surface area contributed by atoms with Gasteiger partial charge in [0.05, 0.1) is 19.8 Å². The summed E-state index contributed by atoms with van der Waals surface area (Å²) in [5, 5.41) is 0. The van der Waals surface area contributed by atoms with Gasteiger partial charge in [-0.05, 0) is 17.8 Å². The van der Waals surface area contributed by atoms with Crippen LogP contribution >= 0.6 is 0 Å². The first-order chi connectivity index (χ1) is 8.69. The van der Waals surface area contributed by atoms with Gasteiger partial charge in [0.2, 0.25) is 0 Å². The van der Waals surface area contributed by atoms with Gasteiger partial charge < -0.3 is 14.2 Å². The van der Waals surface area contributed by atoms with Crippen LogP contribution in [0.3, 0.4) is 0 Å². The number of rotatable bonds is 10. The number of ether oxygens (including phenoxy) is 3. The molecule has 0 saturated heterocycles. The zero-order valence-electron chi connectivity index (χ0n) is 14.2. The van der Waals surface area contributed by atoms with E-state index in [4.69, 9.17) is 14.2 Å². The molecule has 19 heavy (non-hydrogen) atoms. The molecule has 0 heterocycles. The Kier molecular flexibility index (Phi) is 8.88. The fourth-order valence-corrected chi connectivity index (χ4v) is 1.47. The molecule has 0 aliphatic carbocycles. The monoisotopic (exact) mass is 274 g/mol. The molecule has 0 N–H and O–H groups in total. The van der Waals surface area contributed by atoms with Crippen molar-refractivity contribution in [1.29, 1.82) is 0 Å². The van der Waals surface area contributed by atoms with Crippen LogP contribution in [0, 0.1) is 23.7 Å². The van der Waals surface area contributed by atoms with E-state index >= 15 is 0 Å². The largest absolute Gasteiger partial charge is 0.327 e. The molecule has 0 aromatic heterocycles. The predicted octanol–water partition coefficient (Wildman–Crippen LogP) is 4.31. The van der Waals surface area contributed by atoms with E-state index in [2.05, 4.69) is 55.4 Å². The average Bonchev–Trinajstić information content (AvgIpc) is 2.27. The van der Waals surface area contributed by atoms with Crippen LogP contribution in [0.25, 0.3) is 0 Å². The summed E-state index contributed by atoms with van der Waals surface area (Å²) < 4.78 is 18.0. The molecule has 0 atom stereocenters. The van der Waals surface area contributed by atoms with Crippen LogP contribution in [-0.4, -0.2) is 25.8 Å². The Hall–Kier alpha value is -0.120. The summed E-state index contributed by atoms with van der Waals surface area (Å²) in [6, 6.07) is 0. The molecule has 0 bridgehead atoms. The maximum atomic E-state index is 6.01. The van der Waals surface area contributed by atoms with Crippen LogP contribution in [0.15, 0.2) is 0 Å². The summed E-state index contributed by atoms with van der Waals surface area (Å²) in [5.41, 5.74) is 0. The first kappa shape index (κ1) is 18.9. The minimum atomic E-state index is -0.904. The Morgan fingerprint density at radius 1 is 0.579 bits per heavy atom. The van der Waals surface area contributed by atoms with E-state index < -0.39 is 5.97 Å². The first-order valence-electron chi connectivity index (χ1n) is 7.61. The molecule has 0 aliphatic rings. The van der Waals surface area contributed by atoms with Crippen molar-refractivity contribution in [3.63, 3.8) is 0 Å². The zero-order chi connectivity index (χ0) is 15.1. The van der Waals surface area contributed by atoms with E-state index in [0.29, 0.717) is 37.6 Å². The molecule has 0 unspecified atom stereocenters. The number of hydrogen-bond acceptors (Lipinski definition) is 3. The molecule has 0 amide bonds. The molecule has 116 valence electrons. The van der Waals surface area contributed by atoms with Crippen molar-refractivity contribution >= 4 is 0 Å². The Bertz CT molecular complexity index is 191. The smallest absolute Gasteiger partial charge is 0.285 e. The Labute approximate surface area is 120 Å². The lowest BCUT2D eigenvalue weighted by atomic mass is 10.1. The lowest BCUT2D eigenvalue weighted by Gasteiger charge is -2.38. The molecule has 0 aliphatic heterocycles. The molecular weight excluding hydrogens is 240 g/mol. The molecule has 3 nitrogen and oxygen atoms in total. The SMILES string of the molecule is CC(C)COC(OCC(C)C)(OCC(C)C)C(C)C. The Morgan fingerprint density at radius 3 is 1.00 bits per heavy atom. The molecular formula is C16H34O3. The van der Waals surface area contributed by atoms with Crippen molar-refractivity contribution in [2.45, 2.75) is 61.4 Å². The minimum Gasteiger partial charge on any atom is -0.327 e. The molecule has 0 saturated carbocycles. The predicted molar refractivity (Wildman–Crippen MR) is 79.9 cm³/mol. The first-order valence-corrected chi connectivity index (χ1v) is 7.61. The molecule has 0 radical (unpaired) electrons. The fourth-order valence-electron chi connectivity index (χ4n) is 1.47. The maximum Gasteiger partial charge on any atom is 0.285 e. The summed E-state index contributed by atoms with van der Waals surface area (Å²) in [5.74, 6) is 0.637. The molecule has 3 heteroatoms. The van der Waals surface area contributed by atoms with E-state index in [1.807, 2.05) is 0 Å². The van der Waals surface area contributed by atoms with Gasteiger partial charge in [-0.3, -0.25) is 0 Å². The van der Waals surface area contributed by atoms with Crippen LogP contribution in [0.4, 0.5) is 0 Å². The highest BCUT2D eigenvalue weighted by Gasteiger charge is 2.38.